The van der Waals surface area contributed by atoms with E-state index in [4.69, 9.17) is 27.9 Å². The van der Waals surface area contributed by atoms with Crippen LogP contribution in [0.3, 0.4) is 0 Å². The quantitative estimate of drug-likeness (QED) is 0.441. The van der Waals surface area contributed by atoms with Gasteiger partial charge in [-0.3, -0.25) is 0 Å². The third-order valence-corrected chi connectivity index (χ3v) is 5.21. The molecular weight excluding hydrogens is 438 g/mol. The molecule has 0 radical (unpaired) electrons. The van der Waals surface area contributed by atoms with Gasteiger partial charge in [0.05, 0.1) is 15.7 Å². The average Bonchev–Trinajstić information content (AvgIpc) is 3.37. The maximum atomic E-state index is 13.3. The number of ether oxygens (including phenoxy) is 1. The Bertz CT molecular complexity index is 1060. The molecule has 156 valence electrons. The zero-order valence-corrected chi connectivity index (χ0v) is 17.0. The highest BCUT2D eigenvalue weighted by Gasteiger charge is 2.35. The van der Waals surface area contributed by atoms with Gasteiger partial charge in [0.25, 0.3) is 0 Å². The molecular formula is C21H16Cl2F3N3O. The Morgan fingerprint density at radius 1 is 1.03 bits per heavy atom. The largest absolute Gasteiger partial charge is 0.487 e. The molecule has 1 aliphatic rings. The number of alkyl halides is 3. The summed E-state index contributed by atoms with van der Waals surface area (Å²) in [6.07, 6.45) is 0.483. The Balaban J connectivity index is 1.60. The average molecular weight is 454 g/mol. The van der Waals surface area contributed by atoms with Gasteiger partial charge in [-0.05, 0) is 48.9 Å². The van der Waals surface area contributed by atoms with Gasteiger partial charge in [0.15, 0.2) is 5.69 Å². The summed E-state index contributed by atoms with van der Waals surface area (Å²) >= 11 is 12.4. The number of benzene rings is 2. The third kappa shape index (κ3) is 4.27. The summed E-state index contributed by atoms with van der Waals surface area (Å²) in [7, 11) is 0. The number of rotatable bonds is 5. The first-order chi connectivity index (χ1) is 14.3. The van der Waals surface area contributed by atoms with Gasteiger partial charge in [-0.1, -0.05) is 35.3 Å². The molecule has 2 aromatic carbocycles. The Morgan fingerprint density at radius 3 is 2.33 bits per heavy atom. The van der Waals surface area contributed by atoms with E-state index < -0.39 is 11.9 Å². The zero-order chi connectivity index (χ0) is 21.3. The van der Waals surface area contributed by atoms with Crippen molar-refractivity contribution in [2.45, 2.75) is 19.2 Å². The van der Waals surface area contributed by atoms with Gasteiger partial charge in [0.2, 0.25) is 0 Å². The zero-order valence-electron chi connectivity index (χ0n) is 15.5. The van der Waals surface area contributed by atoms with Crippen molar-refractivity contribution in [1.29, 1.82) is 0 Å². The van der Waals surface area contributed by atoms with Crippen molar-refractivity contribution >= 4 is 28.9 Å². The fourth-order valence-electron chi connectivity index (χ4n) is 3.14. The van der Waals surface area contributed by atoms with Crippen LogP contribution in [0.25, 0.3) is 5.69 Å². The van der Waals surface area contributed by atoms with Gasteiger partial charge in [-0.25, -0.2) is 4.68 Å². The van der Waals surface area contributed by atoms with Crippen LogP contribution >= 0.6 is 23.2 Å². The molecule has 0 aliphatic carbocycles. The molecule has 9 heteroatoms. The molecule has 1 aliphatic heterocycles. The van der Waals surface area contributed by atoms with Crippen LogP contribution < -0.4 is 9.64 Å². The summed E-state index contributed by atoms with van der Waals surface area (Å²) in [5.74, 6) is 0.522. The number of hydrogen-bond acceptors (Lipinski definition) is 3. The molecule has 0 amide bonds. The molecule has 0 N–H and O–H groups in total. The van der Waals surface area contributed by atoms with E-state index in [0.717, 1.165) is 29.4 Å². The summed E-state index contributed by atoms with van der Waals surface area (Å²) in [5.41, 5.74) is 0.312. The van der Waals surface area contributed by atoms with Crippen molar-refractivity contribution in [3.8, 4) is 11.4 Å². The van der Waals surface area contributed by atoms with Crippen LogP contribution in [0.1, 0.15) is 17.8 Å². The second kappa shape index (κ2) is 8.24. The van der Waals surface area contributed by atoms with E-state index in [9.17, 15) is 13.2 Å². The Morgan fingerprint density at radius 2 is 1.73 bits per heavy atom. The molecule has 2 heterocycles. The van der Waals surface area contributed by atoms with E-state index in [0.29, 0.717) is 5.75 Å². The summed E-state index contributed by atoms with van der Waals surface area (Å²) in [5, 5.41) is 4.05. The molecule has 4 nitrogen and oxygen atoms in total. The van der Waals surface area contributed by atoms with Crippen LogP contribution in [0.4, 0.5) is 18.9 Å². The number of halogens is 5. The van der Waals surface area contributed by atoms with Crippen molar-refractivity contribution in [3.05, 3.63) is 82.2 Å². The molecule has 3 aromatic rings. The minimum Gasteiger partial charge on any atom is -0.487 e. The van der Waals surface area contributed by atoms with Crippen molar-refractivity contribution < 1.29 is 17.9 Å². The van der Waals surface area contributed by atoms with Gasteiger partial charge in [-0.2, -0.15) is 18.3 Å². The Labute approximate surface area is 181 Å². The van der Waals surface area contributed by atoms with Crippen LogP contribution in [0.15, 0.2) is 60.8 Å². The minimum atomic E-state index is -4.61. The highest BCUT2D eigenvalue weighted by atomic mass is 35.5. The number of nitrogens with zero attached hydrogens (tertiary/aromatic N) is 3. The fraction of sp³-hybridized carbons (Fsp3) is 0.190. The van der Waals surface area contributed by atoms with E-state index in [1.54, 1.807) is 18.2 Å². The van der Waals surface area contributed by atoms with Crippen LogP contribution in [0, 0.1) is 0 Å². The number of para-hydroxylation sites is 1. The first-order valence-electron chi connectivity index (χ1n) is 9.09. The van der Waals surface area contributed by atoms with Crippen LogP contribution in [0.2, 0.25) is 10.0 Å². The predicted octanol–water partition coefficient (Wildman–Crippen LogP) is 6.50. The second-order valence-electron chi connectivity index (χ2n) is 6.65. The highest BCUT2D eigenvalue weighted by Crippen LogP contribution is 2.34. The fourth-order valence-corrected chi connectivity index (χ4v) is 3.70. The Hall–Kier alpha value is -2.64. The van der Waals surface area contributed by atoms with Gasteiger partial charge in [0, 0.05) is 18.4 Å². The van der Waals surface area contributed by atoms with Crippen molar-refractivity contribution in [2.75, 3.05) is 11.4 Å². The van der Waals surface area contributed by atoms with E-state index in [1.807, 2.05) is 18.3 Å². The van der Waals surface area contributed by atoms with Crippen LogP contribution in [0.5, 0.6) is 5.75 Å². The molecule has 0 atom stereocenters. The van der Waals surface area contributed by atoms with Crippen LogP contribution in [-0.4, -0.2) is 16.3 Å². The van der Waals surface area contributed by atoms with Gasteiger partial charge >= 0.3 is 6.18 Å². The van der Waals surface area contributed by atoms with Crippen molar-refractivity contribution in [2.24, 2.45) is 0 Å². The molecule has 0 bridgehead atoms. The maximum Gasteiger partial charge on any atom is 0.435 e. The molecule has 1 aromatic heterocycles. The van der Waals surface area contributed by atoms with Crippen molar-refractivity contribution in [3.63, 3.8) is 0 Å². The lowest BCUT2D eigenvalue weighted by Gasteiger charge is -2.16. The van der Waals surface area contributed by atoms with Crippen molar-refractivity contribution in [1.82, 2.24) is 9.78 Å². The summed E-state index contributed by atoms with van der Waals surface area (Å²) in [4.78, 5) is 2.11. The van der Waals surface area contributed by atoms with Crippen LogP contribution in [-0.2, 0) is 12.8 Å². The summed E-state index contributed by atoms with van der Waals surface area (Å²) in [6.45, 7) is 0.770. The standard InChI is InChI=1S/C21H16Cl2F3N3O/c22-17-4-3-5-18(23)20(17)29-15(12-19(27-29)21(24,25)26)13-30-16-8-6-14(7-9-16)28-10-1-2-11-28/h1,3-10,12H,2,11,13H2. The maximum absolute atomic E-state index is 13.3. The van der Waals surface area contributed by atoms with Gasteiger partial charge in [-0.15, -0.1) is 0 Å². The molecule has 0 unspecified atom stereocenters. The lowest BCUT2D eigenvalue weighted by molar-refractivity contribution is -0.141. The first-order valence-corrected chi connectivity index (χ1v) is 9.85. The SMILES string of the molecule is FC(F)(F)c1cc(COc2ccc(N3C=CCC3)cc2)n(-c2c(Cl)cccc2Cl)n1. The van der Waals surface area contributed by atoms with Gasteiger partial charge < -0.3 is 9.64 Å². The predicted molar refractivity (Wildman–Crippen MR) is 110 cm³/mol. The smallest absolute Gasteiger partial charge is 0.435 e. The van der Waals surface area contributed by atoms with E-state index in [-0.39, 0.29) is 28.0 Å². The second-order valence-corrected chi connectivity index (χ2v) is 7.46. The molecule has 0 spiro atoms. The van der Waals surface area contributed by atoms with Gasteiger partial charge in [0.1, 0.15) is 18.0 Å². The highest BCUT2D eigenvalue weighted by molar-refractivity contribution is 6.37. The first kappa shape index (κ1) is 20.6. The van der Waals surface area contributed by atoms with E-state index >= 15 is 0 Å². The molecule has 0 saturated carbocycles. The topological polar surface area (TPSA) is 30.3 Å². The lowest BCUT2D eigenvalue weighted by Crippen LogP contribution is -2.11. The van der Waals surface area contributed by atoms with E-state index in [2.05, 4.69) is 16.1 Å². The number of anilines is 1. The monoisotopic (exact) mass is 453 g/mol. The molecule has 0 saturated heterocycles. The summed E-state index contributed by atoms with van der Waals surface area (Å²) < 4.78 is 46.6. The molecule has 0 fully saturated rings. The molecule has 4 rings (SSSR count). The Kier molecular flexibility index (Phi) is 5.66. The lowest BCUT2D eigenvalue weighted by atomic mass is 10.2. The normalized spacial score (nSPS) is 13.8. The third-order valence-electron chi connectivity index (χ3n) is 4.60. The number of aromatic nitrogens is 2. The van der Waals surface area contributed by atoms with E-state index in [1.165, 1.54) is 12.1 Å². The number of hydrogen-bond donors (Lipinski definition) is 0. The molecule has 30 heavy (non-hydrogen) atoms. The summed E-state index contributed by atoms with van der Waals surface area (Å²) in [6, 6.07) is 13.0. The minimum absolute atomic E-state index is 0.145.